The van der Waals surface area contributed by atoms with Crippen molar-refractivity contribution in [1.29, 1.82) is 0 Å². The maximum Gasteiger partial charge on any atom is 0.333 e. The zero-order chi connectivity index (χ0) is 19.8. The van der Waals surface area contributed by atoms with Gasteiger partial charge in [0.25, 0.3) is 0 Å². The molecule has 0 aromatic heterocycles. The Bertz CT molecular complexity index is 757. The third-order valence-electron chi connectivity index (χ3n) is 5.00. The van der Waals surface area contributed by atoms with Crippen LogP contribution in [0, 0.1) is 41.6 Å². The Hall–Kier alpha value is -2.31. The minimum atomic E-state index is -1.33. The lowest BCUT2D eigenvalue weighted by Gasteiger charge is -2.10. The van der Waals surface area contributed by atoms with Gasteiger partial charge in [0.15, 0.2) is 11.6 Å². The highest BCUT2D eigenvalue weighted by molar-refractivity contribution is 5.88. The van der Waals surface area contributed by atoms with Crippen molar-refractivity contribution in [3.63, 3.8) is 0 Å². The molecule has 0 amide bonds. The molecule has 1 fully saturated rings. The Morgan fingerprint density at radius 2 is 1.85 bits per heavy atom. The lowest BCUT2D eigenvalue weighted by atomic mass is 10.1. The minimum Gasteiger partial charge on any atom is -0.466 e. The Kier molecular flexibility index (Phi) is 5.49. The number of rotatable bonds is 5. The molecule has 4 nitrogen and oxygen atoms in total. The van der Waals surface area contributed by atoms with Crippen LogP contribution in [-0.4, -0.2) is 19.0 Å². The van der Waals surface area contributed by atoms with Crippen LogP contribution in [0.5, 0.6) is 0 Å². The van der Waals surface area contributed by atoms with E-state index < -0.39 is 47.3 Å². The Balaban J connectivity index is 2.11. The van der Waals surface area contributed by atoms with Crippen LogP contribution in [0.4, 0.5) is 13.2 Å². The minimum absolute atomic E-state index is 0.107. The standard InChI is InChI=1S/C19H21F3O4/c1-9(17(23)25-5)6-12-15(19(12,3)4)18(24)26-8-11-10(2)13(20)7-14(21)16(11)22/h6-7,12,15H,8H2,1-5H3/b9-6+/t12-,15+/m1/s1. The lowest BCUT2D eigenvalue weighted by molar-refractivity contribution is -0.147. The molecule has 0 radical (unpaired) electrons. The van der Waals surface area contributed by atoms with Crippen LogP contribution in [0.2, 0.25) is 0 Å². The first-order chi connectivity index (χ1) is 12.0. The molecular weight excluding hydrogens is 349 g/mol. The predicted octanol–water partition coefficient (Wildman–Crippen LogP) is 3.85. The van der Waals surface area contributed by atoms with Gasteiger partial charge in [-0.3, -0.25) is 4.79 Å². The van der Waals surface area contributed by atoms with Crippen molar-refractivity contribution >= 4 is 11.9 Å². The maximum atomic E-state index is 13.8. The summed E-state index contributed by atoms with van der Waals surface area (Å²) in [6, 6.07) is 0.455. The lowest BCUT2D eigenvalue weighted by Crippen LogP contribution is -2.13. The second-order valence-corrected chi connectivity index (χ2v) is 7.03. The van der Waals surface area contributed by atoms with Crippen molar-refractivity contribution in [2.24, 2.45) is 17.3 Å². The van der Waals surface area contributed by atoms with Crippen molar-refractivity contribution in [1.82, 2.24) is 0 Å². The highest BCUT2D eigenvalue weighted by Crippen LogP contribution is 2.59. The third kappa shape index (κ3) is 3.61. The molecule has 2 atom stereocenters. The average Bonchev–Trinajstić information content (AvgIpc) is 3.12. The second-order valence-electron chi connectivity index (χ2n) is 7.03. The first kappa shape index (κ1) is 20.0. The number of methoxy groups -OCH3 is 1. The van der Waals surface area contributed by atoms with E-state index in [0.29, 0.717) is 11.6 Å². The van der Waals surface area contributed by atoms with Crippen LogP contribution in [-0.2, 0) is 25.7 Å². The molecule has 2 rings (SSSR count). The molecule has 0 saturated heterocycles. The number of allylic oxidation sites excluding steroid dienone is 1. The summed E-state index contributed by atoms with van der Waals surface area (Å²) in [6.45, 7) is 5.96. The molecule has 142 valence electrons. The number of ether oxygens (including phenoxy) is 2. The van der Waals surface area contributed by atoms with Gasteiger partial charge >= 0.3 is 11.9 Å². The van der Waals surface area contributed by atoms with Crippen LogP contribution in [0.15, 0.2) is 17.7 Å². The molecule has 1 aromatic carbocycles. The Morgan fingerprint density at radius 1 is 1.23 bits per heavy atom. The van der Waals surface area contributed by atoms with E-state index in [1.54, 1.807) is 13.0 Å². The summed E-state index contributed by atoms with van der Waals surface area (Å²) in [5.74, 6) is -5.36. The molecular formula is C19H21F3O4. The number of benzene rings is 1. The van der Waals surface area contributed by atoms with E-state index in [-0.39, 0.29) is 17.0 Å². The van der Waals surface area contributed by atoms with Crippen molar-refractivity contribution in [2.45, 2.75) is 34.3 Å². The van der Waals surface area contributed by atoms with E-state index in [9.17, 15) is 22.8 Å². The molecule has 1 saturated carbocycles. The van der Waals surface area contributed by atoms with E-state index in [1.165, 1.54) is 14.0 Å². The van der Waals surface area contributed by atoms with Crippen molar-refractivity contribution in [3.05, 3.63) is 46.3 Å². The number of esters is 2. The fourth-order valence-electron chi connectivity index (χ4n) is 3.08. The molecule has 7 heteroatoms. The van der Waals surface area contributed by atoms with E-state index >= 15 is 0 Å². The fourth-order valence-corrected chi connectivity index (χ4v) is 3.08. The molecule has 0 unspecified atom stereocenters. The second kappa shape index (κ2) is 7.13. The molecule has 1 aromatic rings. The first-order valence-electron chi connectivity index (χ1n) is 8.08. The molecule has 0 aliphatic heterocycles. The van der Waals surface area contributed by atoms with Crippen LogP contribution in [0.3, 0.4) is 0 Å². The topological polar surface area (TPSA) is 52.6 Å². The van der Waals surface area contributed by atoms with Crippen LogP contribution >= 0.6 is 0 Å². The van der Waals surface area contributed by atoms with Gasteiger partial charge in [0, 0.05) is 17.2 Å². The van der Waals surface area contributed by atoms with Crippen LogP contribution < -0.4 is 0 Å². The fraction of sp³-hybridized carbons (Fsp3) is 0.474. The molecule has 1 aliphatic rings. The summed E-state index contributed by atoms with van der Waals surface area (Å²) in [4.78, 5) is 23.8. The summed E-state index contributed by atoms with van der Waals surface area (Å²) < 4.78 is 50.5. The monoisotopic (exact) mass is 370 g/mol. The van der Waals surface area contributed by atoms with Gasteiger partial charge in [-0.1, -0.05) is 19.9 Å². The van der Waals surface area contributed by atoms with Gasteiger partial charge in [0.2, 0.25) is 0 Å². The molecule has 0 N–H and O–H groups in total. The van der Waals surface area contributed by atoms with Gasteiger partial charge in [-0.05, 0) is 30.7 Å². The predicted molar refractivity (Wildman–Crippen MR) is 87.4 cm³/mol. The van der Waals surface area contributed by atoms with Crippen LogP contribution in [0.1, 0.15) is 31.9 Å². The molecule has 0 heterocycles. The number of hydrogen-bond donors (Lipinski definition) is 0. The summed E-state index contributed by atoms with van der Waals surface area (Å²) in [5.41, 5.74) is -0.514. The summed E-state index contributed by atoms with van der Waals surface area (Å²) in [6.07, 6.45) is 1.64. The SMILES string of the molecule is COC(=O)/C(C)=C/[C@@H]1[C@@H](C(=O)OCc2c(C)c(F)cc(F)c2F)C1(C)C. The highest BCUT2D eigenvalue weighted by Gasteiger charge is 2.61. The largest absolute Gasteiger partial charge is 0.466 e. The molecule has 0 bridgehead atoms. The maximum absolute atomic E-state index is 13.8. The zero-order valence-electron chi connectivity index (χ0n) is 15.3. The first-order valence-corrected chi connectivity index (χ1v) is 8.08. The van der Waals surface area contributed by atoms with E-state index in [2.05, 4.69) is 4.74 Å². The van der Waals surface area contributed by atoms with E-state index in [0.717, 1.165) is 0 Å². The summed E-state index contributed by atoms with van der Waals surface area (Å²) in [5, 5.41) is 0. The van der Waals surface area contributed by atoms with E-state index in [4.69, 9.17) is 4.74 Å². The molecule has 0 spiro atoms. The molecule has 26 heavy (non-hydrogen) atoms. The smallest absolute Gasteiger partial charge is 0.333 e. The van der Waals surface area contributed by atoms with E-state index in [1.807, 2.05) is 13.8 Å². The van der Waals surface area contributed by atoms with Gasteiger partial charge in [-0.15, -0.1) is 0 Å². The van der Waals surface area contributed by atoms with Crippen LogP contribution in [0.25, 0.3) is 0 Å². The number of carbonyl (C=O) groups is 2. The van der Waals surface area contributed by atoms with Gasteiger partial charge < -0.3 is 9.47 Å². The Labute approximate surface area is 150 Å². The van der Waals surface area contributed by atoms with Crippen molar-refractivity contribution < 1.29 is 32.2 Å². The average molecular weight is 370 g/mol. The summed E-state index contributed by atoms with van der Waals surface area (Å²) >= 11 is 0. The molecule has 1 aliphatic carbocycles. The quantitative estimate of drug-likeness (QED) is 0.449. The van der Waals surface area contributed by atoms with Crippen molar-refractivity contribution in [2.75, 3.05) is 7.11 Å². The highest BCUT2D eigenvalue weighted by atomic mass is 19.2. The number of hydrogen-bond acceptors (Lipinski definition) is 4. The van der Waals surface area contributed by atoms with Crippen molar-refractivity contribution in [3.8, 4) is 0 Å². The number of halogens is 3. The number of carbonyl (C=O) groups excluding carboxylic acids is 2. The van der Waals surface area contributed by atoms with Gasteiger partial charge in [-0.2, -0.15) is 0 Å². The van der Waals surface area contributed by atoms with Gasteiger partial charge in [-0.25, -0.2) is 18.0 Å². The van der Waals surface area contributed by atoms with Gasteiger partial charge in [0.1, 0.15) is 12.4 Å². The third-order valence-corrected chi connectivity index (χ3v) is 5.00. The van der Waals surface area contributed by atoms with Gasteiger partial charge in [0.05, 0.1) is 13.0 Å². The summed E-state index contributed by atoms with van der Waals surface area (Å²) in [7, 11) is 1.26. The zero-order valence-corrected chi connectivity index (χ0v) is 15.3. The Morgan fingerprint density at radius 3 is 2.42 bits per heavy atom. The normalized spacial score (nSPS) is 21.3.